The lowest BCUT2D eigenvalue weighted by molar-refractivity contribution is -0.139. The van der Waals surface area contributed by atoms with Gasteiger partial charge in [-0.3, -0.25) is 9.69 Å². The van der Waals surface area contributed by atoms with Crippen molar-refractivity contribution in [3.05, 3.63) is 30.1 Å². The Balaban J connectivity index is 1.47. The van der Waals surface area contributed by atoms with Gasteiger partial charge in [-0.2, -0.15) is 0 Å². The summed E-state index contributed by atoms with van der Waals surface area (Å²) in [5, 5.41) is 12.0. The monoisotopic (exact) mass is 392 g/mol. The van der Waals surface area contributed by atoms with Gasteiger partial charge < -0.3 is 20.2 Å². The van der Waals surface area contributed by atoms with Gasteiger partial charge in [0.25, 0.3) is 0 Å². The lowest BCUT2D eigenvalue weighted by Gasteiger charge is -2.45. The molecule has 28 heavy (non-hydrogen) atoms. The Morgan fingerprint density at radius 2 is 2.07 bits per heavy atom. The molecule has 1 heterocycles. The van der Waals surface area contributed by atoms with E-state index >= 15 is 0 Å². The van der Waals surface area contributed by atoms with Gasteiger partial charge in [0.2, 0.25) is 0 Å². The van der Waals surface area contributed by atoms with E-state index in [1.807, 2.05) is 29.7 Å². The molecule has 7 nitrogen and oxygen atoms in total. The number of piperazine rings is 1. The van der Waals surface area contributed by atoms with Crippen LogP contribution in [0.4, 0.5) is 14.9 Å². The van der Waals surface area contributed by atoms with E-state index in [1.54, 1.807) is 6.07 Å². The van der Waals surface area contributed by atoms with Gasteiger partial charge in [-0.15, -0.1) is 0 Å². The minimum atomic E-state index is -0.820. The molecule has 0 radical (unpaired) electrons. The Hall–Kier alpha value is -2.35. The van der Waals surface area contributed by atoms with Crippen molar-refractivity contribution < 1.29 is 19.1 Å². The van der Waals surface area contributed by atoms with E-state index in [0.29, 0.717) is 26.2 Å². The van der Waals surface area contributed by atoms with E-state index in [9.17, 15) is 14.0 Å². The number of likely N-dealkylation sites (N-methyl/N-ethyl adjacent to an activating group) is 1. The van der Waals surface area contributed by atoms with E-state index in [-0.39, 0.29) is 36.5 Å². The number of carbonyl (C=O) groups excluding carboxylic acids is 1. The molecule has 0 bridgehead atoms. The van der Waals surface area contributed by atoms with Gasteiger partial charge in [0.05, 0.1) is 6.54 Å². The Morgan fingerprint density at radius 3 is 2.68 bits per heavy atom. The van der Waals surface area contributed by atoms with Crippen LogP contribution in [0, 0.1) is 5.82 Å². The number of carbonyl (C=O) groups is 2. The number of urea groups is 1. The lowest BCUT2D eigenvalue weighted by atomic mass is 9.85. The largest absolute Gasteiger partial charge is 0.480 e. The topological polar surface area (TPSA) is 76.1 Å². The fourth-order valence-corrected chi connectivity index (χ4v) is 4.10. The summed E-state index contributed by atoms with van der Waals surface area (Å²) in [4.78, 5) is 29.4. The first-order valence-electron chi connectivity index (χ1n) is 9.90. The zero-order chi connectivity index (χ0) is 20.3. The third kappa shape index (κ3) is 4.73. The molecule has 1 aromatic rings. The first-order valence-corrected chi connectivity index (χ1v) is 9.90. The normalized spacial score (nSPS) is 24.8. The number of halogens is 1. The second-order valence-electron chi connectivity index (χ2n) is 7.70. The Labute approximate surface area is 165 Å². The molecule has 3 rings (SSSR count). The van der Waals surface area contributed by atoms with Crippen LogP contribution in [0.1, 0.15) is 26.7 Å². The molecule has 154 valence electrons. The molecule has 0 spiro atoms. The molecule has 8 heteroatoms. The van der Waals surface area contributed by atoms with Gasteiger partial charge in [0.1, 0.15) is 5.82 Å². The van der Waals surface area contributed by atoms with E-state index < -0.39 is 5.97 Å². The van der Waals surface area contributed by atoms with Crippen molar-refractivity contribution in [1.29, 1.82) is 0 Å². The number of rotatable bonds is 6. The minimum absolute atomic E-state index is 0.0204. The Bertz CT molecular complexity index is 710. The SMILES string of the molecule is CCN(CC(=O)O)C1CC(NC(=O)N2CCN(c3cccc(F)c3)CC2C)C1. The number of amides is 2. The van der Waals surface area contributed by atoms with Crippen molar-refractivity contribution >= 4 is 17.7 Å². The second kappa shape index (κ2) is 8.77. The number of nitrogens with zero attached hydrogens (tertiary/aromatic N) is 3. The summed E-state index contributed by atoms with van der Waals surface area (Å²) in [6, 6.07) is 6.79. The van der Waals surface area contributed by atoms with Crippen LogP contribution in [0.25, 0.3) is 0 Å². The fraction of sp³-hybridized carbons (Fsp3) is 0.600. The number of anilines is 1. The van der Waals surface area contributed by atoms with Crippen molar-refractivity contribution in [3.63, 3.8) is 0 Å². The number of aliphatic carboxylic acids is 1. The van der Waals surface area contributed by atoms with Crippen LogP contribution in [-0.4, -0.2) is 77.8 Å². The average molecular weight is 392 g/mol. The van der Waals surface area contributed by atoms with Crippen LogP contribution in [0.3, 0.4) is 0 Å². The van der Waals surface area contributed by atoms with Crippen molar-refractivity contribution in [2.24, 2.45) is 0 Å². The molecule has 1 unspecified atom stereocenters. The minimum Gasteiger partial charge on any atom is -0.480 e. The fourth-order valence-electron chi connectivity index (χ4n) is 4.10. The van der Waals surface area contributed by atoms with Crippen molar-refractivity contribution in [1.82, 2.24) is 15.1 Å². The third-order valence-corrected chi connectivity index (χ3v) is 5.76. The van der Waals surface area contributed by atoms with Crippen molar-refractivity contribution in [2.45, 2.75) is 44.8 Å². The molecule has 1 aliphatic carbocycles. The van der Waals surface area contributed by atoms with Gasteiger partial charge >= 0.3 is 12.0 Å². The van der Waals surface area contributed by atoms with E-state index in [0.717, 1.165) is 18.5 Å². The second-order valence-corrected chi connectivity index (χ2v) is 7.70. The van der Waals surface area contributed by atoms with Crippen LogP contribution < -0.4 is 10.2 Å². The van der Waals surface area contributed by atoms with Crippen molar-refractivity contribution in [3.8, 4) is 0 Å². The smallest absolute Gasteiger partial charge is 0.317 e. The van der Waals surface area contributed by atoms with Gasteiger partial charge in [-0.1, -0.05) is 13.0 Å². The summed E-state index contributed by atoms with van der Waals surface area (Å²) in [6.07, 6.45) is 1.56. The number of carboxylic acids is 1. The highest BCUT2D eigenvalue weighted by Crippen LogP contribution is 2.26. The molecular weight excluding hydrogens is 363 g/mol. The summed E-state index contributed by atoms with van der Waals surface area (Å²) in [7, 11) is 0. The highest BCUT2D eigenvalue weighted by molar-refractivity contribution is 5.75. The standard InChI is InChI=1S/C20H29FN4O3/c1-3-23(13-19(26)27)18-10-16(11-18)22-20(28)25-8-7-24(12-14(25)2)17-6-4-5-15(21)9-17/h4-6,9,14,16,18H,3,7-8,10-13H2,1-2H3,(H,22,28)(H,26,27). The molecule has 1 atom stereocenters. The summed E-state index contributed by atoms with van der Waals surface area (Å²) >= 11 is 0. The van der Waals surface area contributed by atoms with Gasteiger partial charge in [0.15, 0.2) is 0 Å². The number of hydrogen-bond acceptors (Lipinski definition) is 4. The highest BCUT2D eigenvalue weighted by atomic mass is 19.1. The summed E-state index contributed by atoms with van der Waals surface area (Å²) in [5.41, 5.74) is 0.840. The quantitative estimate of drug-likeness (QED) is 0.774. The van der Waals surface area contributed by atoms with Gasteiger partial charge in [-0.25, -0.2) is 9.18 Å². The van der Waals surface area contributed by atoms with Gasteiger partial charge in [0, 0.05) is 43.4 Å². The summed E-state index contributed by atoms with van der Waals surface area (Å²) < 4.78 is 13.5. The van der Waals surface area contributed by atoms with Crippen LogP contribution in [0.15, 0.2) is 24.3 Å². The third-order valence-electron chi connectivity index (χ3n) is 5.76. The zero-order valence-corrected chi connectivity index (χ0v) is 16.5. The number of carboxylic acid groups (broad SMARTS) is 1. The van der Waals surface area contributed by atoms with Crippen LogP contribution >= 0.6 is 0 Å². The van der Waals surface area contributed by atoms with E-state index in [4.69, 9.17) is 5.11 Å². The Morgan fingerprint density at radius 1 is 1.32 bits per heavy atom. The molecule has 1 saturated heterocycles. The van der Waals surface area contributed by atoms with Crippen LogP contribution in [0.2, 0.25) is 0 Å². The molecular formula is C20H29FN4O3. The first kappa shape index (κ1) is 20.4. The lowest BCUT2D eigenvalue weighted by Crippen LogP contribution is -2.61. The van der Waals surface area contributed by atoms with Crippen molar-refractivity contribution in [2.75, 3.05) is 37.6 Å². The van der Waals surface area contributed by atoms with Crippen LogP contribution in [-0.2, 0) is 4.79 Å². The molecule has 1 saturated carbocycles. The zero-order valence-electron chi connectivity index (χ0n) is 16.5. The molecule has 0 aromatic heterocycles. The molecule has 2 aliphatic rings. The van der Waals surface area contributed by atoms with Crippen LogP contribution in [0.5, 0.6) is 0 Å². The highest BCUT2D eigenvalue weighted by Gasteiger charge is 2.36. The average Bonchev–Trinajstić information content (AvgIpc) is 2.62. The molecule has 1 aliphatic heterocycles. The molecule has 2 amide bonds. The van der Waals surface area contributed by atoms with E-state index in [2.05, 4.69) is 10.2 Å². The molecule has 1 aromatic carbocycles. The van der Waals surface area contributed by atoms with E-state index in [1.165, 1.54) is 12.1 Å². The maximum Gasteiger partial charge on any atom is 0.317 e. The number of nitrogens with one attached hydrogen (secondary N) is 1. The predicted octanol–water partition coefficient (Wildman–Crippen LogP) is 1.98. The number of benzene rings is 1. The summed E-state index contributed by atoms with van der Waals surface area (Å²) in [6.45, 7) is 6.59. The first-order chi connectivity index (χ1) is 13.4. The number of hydrogen-bond donors (Lipinski definition) is 2. The predicted molar refractivity (Wildman–Crippen MR) is 105 cm³/mol. The molecule has 2 fully saturated rings. The molecule has 2 N–H and O–H groups in total. The maximum atomic E-state index is 13.5. The summed E-state index contributed by atoms with van der Waals surface area (Å²) in [5.74, 6) is -1.08. The Kier molecular flexibility index (Phi) is 6.39. The maximum absolute atomic E-state index is 13.5. The van der Waals surface area contributed by atoms with Gasteiger partial charge in [-0.05, 0) is 44.5 Å².